The fourth-order valence-electron chi connectivity index (χ4n) is 7.77. The van der Waals surface area contributed by atoms with Crippen LogP contribution in [-0.4, -0.2) is 35.6 Å². The number of hydrogen-bond acceptors (Lipinski definition) is 3. The molecule has 0 aromatic carbocycles. The molecule has 0 N–H and O–H groups in total. The summed E-state index contributed by atoms with van der Waals surface area (Å²) in [4.78, 5) is 27.5. The van der Waals surface area contributed by atoms with Gasteiger partial charge in [-0.25, -0.2) is 0 Å². The summed E-state index contributed by atoms with van der Waals surface area (Å²) in [5.74, 6) is 3.72. The second-order valence-electron chi connectivity index (χ2n) is 9.93. The molecule has 0 aromatic rings. The summed E-state index contributed by atoms with van der Waals surface area (Å²) >= 11 is 0. The maximum atomic E-state index is 12.5. The number of Topliss-reactive ketones (excluding diaryl/α,β-unsaturated/α-hetero) is 2. The minimum atomic E-state index is -0.0236. The van der Waals surface area contributed by atoms with E-state index in [9.17, 15) is 9.59 Å². The van der Waals surface area contributed by atoms with Gasteiger partial charge in [-0.05, 0) is 61.2 Å². The Morgan fingerprint density at radius 1 is 0.958 bits per heavy atom. The molecule has 5 fully saturated rings. The minimum absolute atomic E-state index is 0.0236. The fraction of sp³-hybridized carbons (Fsp3) is 0.905. The van der Waals surface area contributed by atoms with Crippen molar-refractivity contribution in [1.29, 1.82) is 0 Å². The van der Waals surface area contributed by atoms with E-state index in [2.05, 4.69) is 18.7 Å². The molecule has 0 amide bonds. The van der Waals surface area contributed by atoms with Crippen molar-refractivity contribution in [2.75, 3.05) is 13.1 Å². The topological polar surface area (TPSA) is 37.1 Å². The Hall–Kier alpha value is -0.700. The van der Waals surface area contributed by atoms with Crippen LogP contribution in [0.25, 0.3) is 0 Å². The monoisotopic (exact) mass is 329 g/mol. The summed E-state index contributed by atoms with van der Waals surface area (Å²) in [6.45, 7) is 7.18. The van der Waals surface area contributed by atoms with Gasteiger partial charge in [0, 0.05) is 43.8 Å². The van der Waals surface area contributed by atoms with Crippen LogP contribution < -0.4 is 0 Å². The number of rotatable bonds is 1. The standard InChI is InChI=1S/C21H31NO2/c1-20-8-7-17-15(16(20)5-6-19(20)24)4-3-13-11-14(23)12-18(21(13,17)2)22-9-10-22/h13,15-18H,3-12H2,1-2H3/t13-,15-,16-,17-,18-,20-,21-/m0/s1. The van der Waals surface area contributed by atoms with Gasteiger partial charge in [0.1, 0.15) is 11.6 Å². The van der Waals surface area contributed by atoms with Gasteiger partial charge in [0.15, 0.2) is 0 Å². The van der Waals surface area contributed by atoms with Crippen LogP contribution in [0, 0.1) is 34.5 Å². The zero-order valence-electron chi connectivity index (χ0n) is 15.2. The molecule has 24 heavy (non-hydrogen) atoms. The van der Waals surface area contributed by atoms with E-state index in [0.29, 0.717) is 34.9 Å². The normalized spacial score (nSPS) is 54.2. The maximum absolute atomic E-state index is 12.5. The highest BCUT2D eigenvalue weighted by atomic mass is 16.1. The molecule has 4 aliphatic carbocycles. The Bertz CT molecular complexity index is 597. The minimum Gasteiger partial charge on any atom is -0.300 e. The molecule has 1 saturated heterocycles. The Balaban J connectivity index is 1.52. The van der Waals surface area contributed by atoms with Gasteiger partial charge in [0.25, 0.3) is 0 Å². The molecule has 4 saturated carbocycles. The Morgan fingerprint density at radius 3 is 2.50 bits per heavy atom. The number of hydrogen-bond donors (Lipinski definition) is 0. The van der Waals surface area contributed by atoms with Crippen LogP contribution in [0.15, 0.2) is 0 Å². The van der Waals surface area contributed by atoms with E-state index >= 15 is 0 Å². The van der Waals surface area contributed by atoms with Gasteiger partial charge in [-0.3, -0.25) is 14.5 Å². The maximum Gasteiger partial charge on any atom is 0.139 e. The van der Waals surface area contributed by atoms with Gasteiger partial charge < -0.3 is 0 Å². The summed E-state index contributed by atoms with van der Waals surface area (Å²) in [7, 11) is 0. The fourth-order valence-corrected chi connectivity index (χ4v) is 7.77. The van der Waals surface area contributed by atoms with Crippen LogP contribution in [0.1, 0.15) is 65.2 Å². The van der Waals surface area contributed by atoms with E-state index in [-0.39, 0.29) is 5.41 Å². The first kappa shape index (κ1) is 15.5. The van der Waals surface area contributed by atoms with Crippen LogP contribution in [0.5, 0.6) is 0 Å². The summed E-state index contributed by atoms with van der Waals surface area (Å²) < 4.78 is 0. The van der Waals surface area contributed by atoms with Crippen LogP contribution in [0.4, 0.5) is 0 Å². The smallest absolute Gasteiger partial charge is 0.139 e. The summed E-state index contributed by atoms with van der Waals surface area (Å²) in [6.07, 6.45) is 8.35. The van der Waals surface area contributed by atoms with E-state index in [1.165, 1.54) is 32.4 Å². The van der Waals surface area contributed by atoms with Crippen molar-refractivity contribution in [2.24, 2.45) is 34.5 Å². The molecule has 3 nitrogen and oxygen atoms in total. The molecule has 5 rings (SSSR count). The molecule has 5 aliphatic rings. The van der Waals surface area contributed by atoms with Crippen LogP contribution >= 0.6 is 0 Å². The van der Waals surface area contributed by atoms with Crippen molar-refractivity contribution in [3.05, 3.63) is 0 Å². The predicted molar refractivity (Wildman–Crippen MR) is 92.5 cm³/mol. The first-order valence-corrected chi connectivity index (χ1v) is 10.2. The second kappa shape index (κ2) is 4.93. The number of carbonyl (C=O) groups excluding carboxylic acids is 2. The van der Waals surface area contributed by atoms with E-state index < -0.39 is 0 Å². The van der Waals surface area contributed by atoms with E-state index in [4.69, 9.17) is 0 Å². The van der Waals surface area contributed by atoms with Crippen LogP contribution in [-0.2, 0) is 9.59 Å². The Kier molecular flexibility index (Phi) is 3.19. The second-order valence-corrected chi connectivity index (χ2v) is 9.93. The van der Waals surface area contributed by atoms with Crippen molar-refractivity contribution >= 4 is 11.6 Å². The molecule has 0 aromatic heterocycles. The first-order valence-electron chi connectivity index (χ1n) is 10.2. The van der Waals surface area contributed by atoms with E-state index in [1.54, 1.807) is 0 Å². The summed E-state index contributed by atoms with van der Waals surface area (Å²) in [5.41, 5.74) is 0.282. The molecule has 0 bridgehead atoms. The highest BCUT2D eigenvalue weighted by Gasteiger charge is 2.63. The van der Waals surface area contributed by atoms with E-state index in [1.807, 2.05) is 0 Å². The van der Waals surface area contributed by atoms with Gasteiger partial charge >= 0.3 is 0 Å². The molecule has 0 radical (unpaired) electrons. The summed E-state index contributed by atoms with van der Waals surface area (Å²) in [5, 5.41) is 0. The quantitative estimate of drug-likeness (QED) is 0.691. The lowest BCUT2D eigenvalue weighted by molar-refractivity contribution is -0.153. The van der Waals surface area contributed by atoms with Crippen LogP contribution in [0.2, 0.25) is 0 Å². The number of fused-ring (bicyclic) bond motifs is 5. The van der Waals surface area contributed by atoms with Crippen molar-refractivity contribution in [3.8, 4) is 0 Å². The molecule has 0 spiro atoms. The Morgan fingerprint density at radius 2 is 1.75 bits per heavy atom. The zero-order chi connectivity index (χ0) is 16.7. The molecule has 132 valence electrons. The van der Waals surface area contributed by atoms with E-state index in [0.717, 1.165) is 43.9 Å². The summed E-state index contributed by atoms with van der Waals surface area (Å²) in [6, 6.07) is 0.484. The van der Waals surface area contributed by atoms with Crippen molar-refractivity contribution < 1.29 is 9.59 Å². The van der Waals surface area contributed by atoms with Gasteiger partial charge in [-0.15, -0.1) is 0 Å². The third-order valence-corrected chi connectivity index (χ3v) is 9.21. The molecule has 1 heterocycles. The SMILES string of the molecule is C[C@]12[C@@H](CC[C@@H]3[C@@H]1CC[C@]1(C)C(=O)CC[C@@H]31)CC(=O)C[C@@H]2N1CC1. The van der Waals surface area contributed by atoms with Crippen molar-refractivity contribution in [2.45, 2.75) is 71.3 Å². The Labute approximate surface area is 145 Å². The van der Waals surface area contributed by atoms with Crippen molar-refractivity contribution in [1.82, 2.24) is 4.90 Å². The molecule has 3 heteroatoms. The van der Waals surface area contributed by atoms with Gasteiger partial charge in [-0.1, -0.05) is 13.8 Å². The molecule has 1 aliphatic heterocycles. The lowest BCUT2D eigenvalue weighted by atomic mass is 9.44. The first-order chi connectivity index (χ1) is 11.4. The number of carbonyl (C=O) groups is 2. The number of ketones is 2. The molecule has 0 unspecified atom stereocenters. The third kappa shape index (κ3) is 1.88. The number of nitrogens with zero attached hydrogens (tertiary/aromatic N) is 1. The molecular formula is C21H31NO2. The average Bonchev–Trinajstić information content (AvgIpc) is 3.33. The molecular weight excluding hydrogens is 298 g/mol. The lowest BCUT2D eigenvalue weighted by Crippen LogP contribution is -2.60. The zero-order valence-corrected chi connectivity index (χ0v) is 15.2. The highest BCUT2D eigenvalue weighted by Crippen LogP contribution is 2.66. The third-order valence-electron chi connectivity index (χ3n) is 9.21. The van der Waals surface area contributed by atoms with Gasteiger partial charge in [0.05, 0.1) is 0 Å². The average molecular weight is 329 g/mol. The largest absolute Gasteiger partial charge is 0.300 e. The molecule has 7 atom stereocenters. The van der Waals surface area contributed by atoms with Crippen LogP contribution in [0.3, 0.4) is 0 Å². The van der Waals surface area contributed by atoms with Gasteiger partial charge in [-0.2, -0.15) is 0 Å². The predicted octanol–water partition coefficient (Wildman–Crippen LogP) is 3.46. The highest BCUT2D eigenvalue weighted by molar-refractivity contribution is 5.87. The lowest BCUT2D eigenvalue weighted by Gasteiger charge is -2.62. The van der Waals surface area contributed by atoms with Crippen molar-refractivity contribution in [3.63, 3.8) is 0 Å². The van der Waals surface area contributed by atoms with Gasteiger partial charge in [0.2, 0.25) is 0 Å².